The lowest BCUT2D eigenvalue weighted by Gasteiger charge is -2.22. The Labute approximate surface area is 161 Å². The predicted octanol–water partition coefficient (Wildman–Crippen LogP) is 2.35. The van der Waals surface area contributed by atoms with E-state index in [-0.39, 0.29) is 30.6 Å². The monoisotopic (exact) mass is 368 g/mol. The Kier molecular flexibility index (Phi) is 7.56. The third-order valence-corrected chi connectivity index (χ3v) is 4.91. The van der Waals surface area contributed by atoms with E-state index in [1.54, 1.807) is 0 Å². The van der Waals surface area contributed by atoms with Crippen molar-refractivity contribution in [3.05, 3.63) is 46.7 Å². The van der Waals surface area contributed by atoms with E-state index in [0.29, 0.717) is 6.42 Å². The molecule has 1 unspecified atom stereocenters. The average molecular weight is 368 g/mol. The van der Waals surface area contributed by atoms with Crippen molar-refractivity contribution in [1.29, 1.82) is 5.26 Å². The lowest BCUT2D eigenvalue weighted by atomic mass is 9.88. The number of amides is 2. The number of nitriles is 1. The Morgan fingerprint density at radius 3 is 2.63 bits per heavy atom. The Bertz CT molecular complexity index is 764. The van der Waals surface area contributed by atoms with Gasteiger partial charge in [-0.25, -0.2) is 0 Å². The highest BCUT2D eigenvalue weighted by molar-refractivity contribution is 5.97. The van der Waals surface area contributed by atoms with Crippen molar-refractivity contribution in [2.75, 3.05) is 13.1 Å². The first kappa shape index (κ1) is 20.7. The Hall–Kier alpha value is -2.65. The number of aryl methyl sites for hydroxylation is 2. The number of benzene rings is 1. The highest BCUT2D eigenvalue weighted by Gasteiger charge is 2.19. The van der Waals surface area contributed by atoms with Crippen LogP contribution < -0.4 is 11.1 Å². The van der Waals surface area contributed by atoms with Crippen LogP contribution in [0.15, 0.2) is 30.0 Å². The molecule has 1 aromatic carbocycles. The fourth-order valence-electron chi connectivity index (χ4n) is 3.37. The first-order chi connectivity index (χ1) is 13.0. The molecular formula is C21H28N4O2. The van der Waals surface area contributed by atoms with Crippen LogP contribution >= 0.6 is 0 Å². The van der Waals surface area contributed by atoms with Gasteiger partial charge in [-0.05, 0) is 48.8 Å². The molecule has 1 aliphatic rings. The second-order valence-electron chi connectivity index (χ2n) is 6.83. The minimum absolute atomic E-state index is 0.102. The average Bonchev–Trinajstić information content (AvgIpc) is 2.68. The minimum atomic E-state index is -0.481. The van der Waals surface area contributed by atoms with Gasteiger partial charge in [0.15, 0.2) is 0 Å². The zero-order chi connectivity index (χ0) is 19.8. The van der Waals surface area contributed by atoms with Gasteiger partial charge in [-0.3, -0.25) is 9.59 Å². The zero-order valence-electron chi connectivity index (χ0n) is 16.1. The molecular weight excluding hydrogens is 340 g/mol. The summed E-state index contributed by atoms with van der Waals surface area (Å²) in [6, 6.07) is 8.10. The first-order valence-electron chi connectivity index (χ1n) is 9.51. The van der Waals surface area contributed by atoms with E-state index in [0.717, 1.165) is 18.4 Å². The number of nitrogens with zero attached hydrogens (tertiary/aromatic N) is 2. The third-order valence-electron chi connectivity index (χ3n) is 4.91. The third kappa shape index (κ3) is 5.41. The van der Waals surface area contributed by atoms with Crippen molar-refractivity contribution in [2.45, 2.75) is 52.0 Å². The molecule has 0 radical (unpaired) electrons. The Morgan fingerprint density at radius 1 is 1.33 bits per heavy atom. The number of carbonyl (C=O) groups excluding carboxylic acids is 2. The largest absolute Gasteiger partial charge is 0.345 e. The number of carbonyl (C=O) groups is 2. The summed E-state index contributed by atoms with van der Waals surface area (Å²) >= 11 is 0. The molecule has 0 saturated carbocycles. The molecule has 1 aromatic rings. The maximum absolute atomic E-state index is 12.6. The van der Waals surface area contributed by atoms with Crippen LogP contribution in [0.5, 0.6) is 0 Å². The summed E-state index contributed by atoms with van der Waals surface area (Å²) in [5, 5.41) is 12.3. The van der Waals surface area contributed by atoms with Crippen LogP contribution in [-0.2, 0) is 22.4 Å². The van der Waals surface area contributed by atoms with Gasteiger partial charge in [0.1, 0.15) is 11.6 Å². The van der Waals surface area contributed by atoms with Crippen LogP contribution in [0.25, 0.3) is 0 Å². The summed E-state index contributed by atoms with van der Waals surface area (Å²) in [5.41, 5.74) is 9.18. The molecule has 0 fully saturated rings. The molecule has 0 aromatic heterocycles. The number of nitrogens with one attached hydrogen (secondary N) is 1. The van der Waals surface area contributed by atoms with Gasteiger partial charge in [-0.2, -0.15) is 5.26 Å². The summed E-state index contributed by atoms with van der Waals surface area (Å²) in [5.74, 6) is -0.743. The highest BCUT2D eigenvalue weighted by Crippen LogP contribution is 2.26. The van der Waals surface area contributed by atoms with Crippen LogP contribution in [-0.4, -0.2) is 29.8 Å². The summed E-state index contributed by atoms with van der Waals surface area (Å²) in [7, 11) is 0. The maximum Gasteiger partial charge on any atom is 0.263 e. The van der Waals surface area contributed by atoms with Gasteiger partial charge >= 0.3 is 0 Å². The molecule has 1 aliphatic carbocycles. The van der Waals surface area contributed by atoms with Crippen molar-refractivity contribution >= 4 is 11.8 Å². The molecule has 0 saturated heterocycles. The molecule has 6 heteroatoms. The maximum atomic E-state index is 12.6. The van der Waals surface area contributed by atoms with E-state index in [9.17, 15) is 14.9 Å². The van der Waals surface area contributed by atoms with Gasteiger partial charge in [0.25, 0.3) is 5.91 Å². The van der Waals surface area contributed by atoms with Gasteiger partial charge in [-0.15, -0.1) is 0 Å². The molecule has 6 nitrogen and oxygen atoms in total. The van der Waals surface area contributed by atoms with E-state index >= 15 is 0 Å². The SMILES string of the molecule is CCC(NC(=O)/C(C#N)=C\N(CCN)C(C)=O)c1ccc2c(c1)CCCC2. The topological polar surface area (TPSA) is 99.2 Å². The quantitative estimate of drug-likeness (QED) is 0.570. The summed E-state index contributed by atoms with van der Waals surface area (Å²) < 4.78 is 0. The van der Waals surface area contributed by atoms with Gasteiger partial charge < -0.3 is 16.0 Å². The van der Waals surface area contributed by atoms with Gasteiger partial charge in [-0.1, -0.05) is 25.1 Å². The molecule has 144 valence electrons. The molecule has 0 heterocycles. The minimum Gasteiger partial charge on any atom is -0.345 e. The molecule has 2 amide bonds. The van der Waals surface area contributed by atoms with E-state index in [2.05, 4.69) is 23.5 Å². The zero-order valence-corrected chi connectivity index (χ0v) is 16.1. The van der Waals surface area contributed by atoms with E-state index < -0.39 is 5.91 Å². The van der Waals surface area contributed by atoms with Crippen LogP contribution in [0, 0.1) is 11.3 Å². The van der Waals surface area contributed by atoms with Crippen molar-refractivity contribution in [3.63, 3.8) is 0 Å². The van der Waals surface area contributed by atoms with Crippen molar-refractivity contribution in [2.24, 2.45) is 5.73 Å². The van der Waals surface area contributed by atoms with Crippen LogP contribution in [0.2, 0.25) is 0 Å². The summed E-state index contributed by atoms with van der Waals surface area (Å²) in [6.45, 7) is 3.89. The Balaban J connectivity index is 2.17. The Morgan fingerprint density at radius 2 is 2.04 bits per heavy atom. The van der Waals surface area contributed by atoms with Crippen LogP contribution in [0.4, 0.5) is 0 Å². The number of nitrogens with two attached hydrogens (primary N) is 1. The molecule has 27 heavy (non-hydrogen) atoms. The normalized spacial score (nSPS) is 14.7. The number of hydrogen-bond acceptors (Lipinski definition) is 4. The van der Waals surface area contributed by atoms with Crippen molar-refractivity contribution in [3.8, 4) is 6.07 Å². The van der Waals surface area contributed by atoms with Crippen molar-refractivity contribution in [1.82, 2.24) is 10.2 Å². The highest BCUT2D eigenvalue weighted by atomic mass is 16.2. The standard InChI is InChI=1S/C21H28N4O2/c1-3-20(18-9-8-16-6-4-5-7-17(16)12-18)24-21(27)19(13-23)14-25(11-10-22)15(2)26/h8-9,12,14,20H,3-7,10-11,22H2,1-2H3,(H,24,27)/b19-14-. The first-order valence-corrected chi connectivity index (χ1v) is 9.51. The van der Waals surface area contributed by atoms with Gasteiger partial charge in [0, 0.05) is 26.2 Å². The summed E-state index contributed by atoms with van der Waals surface area (Å²) in [6.07, 6.45) is 6.60. The second-order valence-corrected chi connectivity index (χ2v) is 6.83. The smallest absolute Gasteiger partial charge is 0.263 e. The lowest BCUT2D eigenvalue weighted by Crippen LogP contribution is -2.33. The van der Waals surface area contributed by atoms with Crippen LogP contribution in [0.3, 0.4) is 0 Å². The van der Waals surface area contributed by atoms with Crippen molar-refractivity contribution < 1.29 is 9.59 Å². The second kappa shape index (κ2) is 9.89. The van der Waals surface area contributed by atoms with E-state index in [4.69, 9.17) is 5.73 Å². The molecule has 0 bridgehead atoms. The van der Waals surface area contributed by atoms with E-state index in [1.807, 2.05) is 13.0 Å². The predicted molar refractivity (Wildman–Crippen MR) is 104 cm³/mol. The molecule has 1 atom stereocenters. The lowest BCUT2D eigenvalue weighted by molar-refractivity contribution is -0.126. The molecule has 3 N–H and O–H groups in total. The molecule has 0 aliphatic heterocycles. The van der Waals surface area contributed by atoms with Gasteiger partial charge in [0.2, 0.25) is 5.91 Å². The number of rotatable bonds is 7. The van der Waals surface area contributed by atoms with Gasteiger partial charge in [0.05, 0.1) is 6.04 Å². The van der Waals surface area contributed by atoms with E-state index in [1.165, 1.54) is 42.0 Å². The fourth-order valence-corrected chi connectivity index (χ4v) is 3.37. The summed E-state index contributed by atoms with van der Waals surface area (Å²) in [4.78, 5) is 25.5. The number of hydrogen-bond donors (Lipinski definition) is 2. The molecule has 2 rings (SSSR count). The number of fused-ring (bicyclic) bond motifs is 1. The fraction of sp³-hybridized carbons (Fsp3) is 0.476. The molecule has 0 spiro atoms. The van der Waals surface area contributed by atoms with Crippen LogP contribution in [0.1, 0.15) is 55.8 Å².